The van der Waals surface area contributed by atoms with Gasteiger partial charge in [-0.1, -0.05) is 27.7 Å². The lowest BCUT2D eigenvalue weighted by Gasteiger charge is -2.28. The molecule has 9 nitrogen and oxygen atoms in total. The summed E-state index contributed by atoms with van der Waals surface area (Å²) in [5.41, 5.74) is 4.06. The predicted molar refractivity (Wildman–Crippen MR) is 152 cm³/mol. The number of aliphatic carboxylic acids is 1. The van der Waals surface area contributed by atoms with Crippen LogP contribution in [0.4, 0.5) is 5.69 Å². The number of fused-ring (bicyclic) bond motifs is 1. The maximum absolute atomic E-state index is 13.6. The summed E-state index contributed by atoms with van der Waals surface area (Å²) < 4.78 is 17.3. The molecule has 1 aliphatic rings. The molecule has 0 fully saturated rings. The number of methoxy groups -OCH3 is 1. The molecular formula is C30H41N3O6. The van der Waals surface area contributed by atoms with Gasteiger partial charge in [0.05, 0.1) is 24.9 Å². The maximum atomic E-state index is 13.6. The third-order valence-electron chi connectivity index (χ3n) is 6.83. The Morgan fingerprint density at radius 1 is 1.13 bits per heavy atom. The SMILES string of the molecule is CCOc1cc2c(cc1C(CC)OC)C(=N)N(CC(=O)c1cc(N(C)C)c(OCC(=O)O)c(C(C)(C)C)c1)C2. The van der Waals surface area contributed by atoms with Crippen LogP contribution in [0, 0.1) is 5.41 Å². The van der Waals surface area contributed by atoms with Gasteiger partial charge in [-0.05, 0) is 48.6 Å². The molecule has 2 aromatic rings. The van der Waals surface area contributed by atoms with Crippen LogP contribution in [-0.4, -0.2) is 68.6 Å². The molecule has 39 heavy (non-hydrogen) atoms. The topological polar surface area (TPSA) is 112 Å². The summed E-state index contributed by atoms with van der Waals surface area (Å²) in [5.74, 6) is 0.275. The number of nitrogens with zero attached hydrogens (tertiary/aromatic N) is 2. The number of Topliss-reactive ketones (excluding diaryl/α,β-unsaturated/α-hetero) is 1. The lowest BCUT2D eigenvalue weighted by atomic mass is 9.84. The van der Waals surface area contributed by atoms with E-state index in [1.165, 1.54) is 0 Å². The molecule has 0 saturated heterocycles. The number of hydrogen-bond acceptors (Lipinski definition) is 7. The average molecular weight is 540 g/mol. The highest BCUT2D eigenvalue weighted by Crippen LogP contribution is 2.40. The van der Waals surface area contributed by atoms with Crippen molar-refractivity contribution in [2.75, 3.05) is 45.9 Å². The van der Waals surface area contributed by atoms with E-state index < -0.39 is 18.0 Å². The van der Waals surface area contributed by atoms with E-state index in [0.717, 1.165) is 34.4 Å². The number of ketones is 1. The number of nitrogens with one attached hydrogen (secondary N) is 1. The van der Waals surface area contributed by atoms with Crippen molar-refractivity contribution in [1.29, 1.82) is 5.41 Å². The number of benzene rings is 2. The molecule has 0 bridgehead atoms. The van der Waals surface area contributed by atoms with Gasteiger partial charge in [0.15, 0.2) is 12.4 Å². The van der Waals surface area contributed by atoms with Crippen molar-refractivity contribution in [3.8, 4) is 11.5 Å². The zero-order valence-electron chi connectivity index (χ0n) is 24.3. The van der Waals surface area contributed by atoms with Gasteiger partial charge in [0.2, 0.25) is 0 Å². The molecule has 2 aromatic carbocycles. The minimum absolute atomic E-state index is 0.0279. The Morgan fingerprint density at radius 2 is 1.82 bits per heavy atom. The highest BCUT2D eigenvalue weighted by molar-refractivity contribution is 6.06. The Bertz CT molecular complexity index is 1240. The quantitative estimate of drug-likeness (QED) is 0.361. The second kappa shape index (κ2) is 12.1. The fourth-order valence-electron chi connectivity index (χ4n) is 4.84. The standard InChI is InChI=1S/C30H41N3O6/c1-9-25(37-8)21-14-20-19(13-26(21)38-10-2)15-33(29(20)31)16-24(34)18-11-22(30(3,4)5)28(39-17-27(35)36)23(12-18)32(6)7/h11-14,25,31H,9-10,15-17H2,1-8H3,(H,35,36). The number of anilines is 1. The molecule has 9 heteroatoms. The van der Waals surface area contributed by atoms with Gasteiger partial charge < -0.3 is 29.1 Å². The van der Waals surface area contributed by atoms with E-state index in [4.69, 9.17) is 19.6 Å². The van der Waals surface area contributed by atoms with Gasteiger partial charge >= 0.3 is 5.97 Å². The number of amidine groups is 1. The zero-order chi connectivity index (χ0) is 29.1. The molecule has 3 rings (SSSR count). The lowest BCUT2D eigenvalue weighted by Crippen LogP contribution is -2.30. The first-order chi connectivity index (χ1) is 18.3. The summed E-state index contributed by atoms with van der Waals surface area (Å²) in [7, 11) is 5.32. The molecule has 1 aliphatic heterocycles. The number of rotatable bonds is 12. The van der Waals surface area contributed by atoms with E-state index >= 15 is 0 Å². The van der Waals surface area contributed by atoms with Crippen molar-refractivity contribution in [1.82, 2.24) is 4.90 Å². The van der Waals surface area contributed by atoms with Gasteiger partial charge in [0.1, 0.15) is 17.3 Å². The molecule has 2 N–H and O–H groups in total. The summed E-state index contributed by atoms with van der Waals surface area (Å²) in [6.07, 6.45) is 0.615. The molecule has 1 heterocycles. The van der Waals surface area contributed by atoms with Crippen molar-refractivity contribution in [3.63, 3.8) is 0 Å². The molecule has 0 aliphatic carbocycles. The number of ether oxygens (including phenoxy) is 3. The summed E-state index contributed by atoms with van der Waals surface area (Å²) >= 11 is 0. The Morgan fingerprint density at radius 3 is 2.36 bits per heavy atom. The minimum atomic E-state index is -1.07. The summed E-state index contributed by atoms with van der Waals surface area (Å²) in [6, 6.07) is 7.44. The summed E-state index contributed by atoms with van der Waals surface area (Å²) in [4.78, 5) is 28.4. The second-order valence-electron chi connectivity index (χ2n) is 10.9. The lowest BCUT2D eigenvalue weighted by molar-refractivity contribution is -0.139. The third kappa shape index (κ3) is 6.53. The van der Waals surface area contributed by atoms with E-state index in [1.807, 2.05) is 65.7 Å². The minimum Gasteiger partial charge on any atom is -0.493 e. The molecule has 0 radical (unpaired) electrons. The molecule has 0 aromatic heterocycles. The number of carbonyl (C=O) groups is 2. The molecule has 1 unspecified atom stereocenters. The largest absolute Gasteiger partial charge is 0.493 e. The van der Waals surface area contributed by atoms with Gasteiger partial charge in [-0.15, -0.1) is 0 Å². The molecule has 0 saturated carbocycles. The fraction of sp³-hybridized carbons (Fsp3) is 0.500. The van der Waals surface area contributed by atoms with Crippen LogP contribution in [0.1, 0.15) is 79.8 Å². The van der Waals surface area contributed by atoms with Crippen molar-refractivity contribution >= 4 is 23.3 Å². The average Bonchev–Trinajstić information content (AvgIpc) is 3.16. The Hall–Kier alpha value is -3.59. The Balaban J connectivity index is 1.96. The molecule has 0 spiro atoms. The van der Waals surface area contributed by atoms with Gasteiger partial charge in [0.25, 0.3) is 0 Å². The van der Waals surface area contributed by atoms with Crippen molar-refractivity contribution < 1.29 is 28.9 Å². The molecular weight excluding hydrogens is 498 g/mol. The van der Waals surface area contributed by atoms with E-state index in [2.05, 4.69) is 0 Å². The van der Waals surface area contributed by atoms with E-state index in [0.29, 0.717) is 36.0 Å². The van der Waals surface area contributed by atoms with Crippen LogP contribution in [0.25, 0.3) is 0 Å². The maximum Gasteiger partial charge on any atom is 0.341 e. The highest BCUT2D eigenvalue weighted by Gasteiger charge is 2.31. The molecule has 0 amide bonds. The summed E-state index contributed by atoms with van der Waals surface area (Å²) in [5, 5.41) is 18.0. The zero-order valence-corrected chi connectivity index (χ0v) is 24.3. The number of carboxylic acids is 1. The second-order valence-corrected chi connectivity index (χ2v) is 10.9. The Labute approximate surface area is 231 Å². The first kappa shape index (κ1) is 30.0. The van der Waals surface area contributed by atoms with E-state index in [-0.39, 0.29) is 18.4 Å². The highest BCUT2D eigenvalue weighted by atomic mass is 16.5. The van der Waals surface area contributed by atoms with Crippen LogP contribution in [0.15, 0.2) is 24.3 Å². The fourth-order valence-corrected chi connectivity index (χ4v) is 4.84. The van der Waals surface area contributed by atoms with Gasteiger partial charge in [-0.25, -0.2) is 4.79 Å². The van der Waals surface area contributed by atoms with Gasteiger partial charge in [0, 0.05) is 50.0 Å². The van der Waals surface area contributed by atoms with Crippen LogP contribution >= 0.6 is 0 Å². The van der Waals surface area contributed by atoms with Gasteiger partial charge in [-0.3, -0.25) is 10.2 Å². The van der Waals surface area contributed by atoms with E-state index in [1.54, 1.807) is 24.1 Å². The van der Waals surface area contributed by atoms with Crippen LogP contribution in [0.2, 0.25) is 0 Å². The van der Waals surface area contributed by atoms with Crippen molar-refractivity contribution in [3.05, 3.63) is 52.1 Å². The third-order valence-corrected chi connectivity index (χ3v) is 6.83. The van der Waals surface area contributed by atoms with Crippen LogP contribution in [0.3, 0.4) is 0 Å². The van der Waals surface area contributed by atoms with E-state index in [9.17, 15) is 14.7 Å². The predicted octanol–water partition coefficient (Wildman–Crippen LogP) is 5.03. The number of carbonyl (C=O) groups excluding carboxylic acids is 1. The normalized spacial score (nSPS) is 13.7. The first-order valence-electron chi connectivity index (χ1n) is 13.2. The number of carboxylic acid groups (broad SMARTS) is 1. The van der Waals surface area contributed by atoms with Crippen molar-refractivity contribution in [2.45, 2.75) is 59.1 Å². The van der Waals surface area contributed by atoms with Crippen LogP contribution in [0.5, 0.6) is 11.5 Å². The smallest absolute Gasteiger partial charge is 0.341 e. The van der Waals surface area contributed by atoms with Crippen LogP contribution in [-0.2, 0) is 21.5 Å². The van der Waals surface area contributed by atoms with Crippen LogP contribution < -0.4 is 14.4 Å². The summed E-state index contributed by atoms with van der Waals surface area (Å²) in [6.45, 7) is 10.4. The molecule has 1 atom stereocenters. The monoisotopic (exact) mass is 539 g/mol. The number of hydrogen-bond donors (Lipinski definition) is 2. The first-order valence-corrected chi connectivity index (χ1v) is 13.2. The Kier molecular flexibility index (Phi) is 9.27. The van der Waals surface area contributed by atoms with Crippen molar-refractivity contribution in [2.24, 2.45) is 0 Å². The molecule has 212 valence electrons. The van der Waals surface area contributed by atoms with Gasteiger partial charge in [-0.2, -0.15) is 0 Å².